The van der Waals surface area contributed by atoms with Crippen LogP contribution in [0.1, 0.15) is 33.6 Å². The van der Waals surface area contributed by atoms with E-state index >= 15 is 0 Å². The van der Waals surface area contributed by atoms with Crippen molar-refractivity contribution >= 4 is 5.91 Å². The zero-order chi connectivity index (χ0) is 11.9. The van der Waals surface area contributed by atoms with Gasteiger partial charge in [-0.15, -0.1) is 6.42 Å². The Morgan fingerprint density at radius 3 is 2.20 bits per heavy atom. The van der Waals surface area contributed by atoms with Gasteiger partial charge in [0.2, 0.25) is 5.91 Å². The molecule has 0 aliphatic carbocycles. The molecule has 0 fully saturated rings. The number of hydrogen-bond donors (Lipinski definition) is 0. The Morgan fingerprint density at radius 1 is 1.40 bits per heavy atom. The molecule has 0 saturated carbocycles. The number of nitrogens with zero attached hydrogens (tertiary/aromatic N) is 2. The Balaban J connectivity index is 4.94. The van der Waals surface area contributed by atoms with Gasteiger partial charge in [-0.05, 0) is 19.8 Å². The fourth-order valence-corrected chi connectivity index (χ4v) is 1.50. The second-order valence-electron chi connectivity index (χ2n) is 3.42. The first-order valence-electron chi connectivity index (χ1n) is 5.25. The maximum Gasteiger partial charge on any atom is 0.243 e. The summed E-state index contributed by atoms with van der Waals surface area (Å²) in [6, 6.07) is 2.13. The van der Waals surface area contributed by atoms with E-state index in [-0.39, 0.29) is 12.5 Å². The number of amides is 1. The van der Waals surface area contributed by atoms with Crippen LogP contribution >= 0.6 is 0 Å². The highest BCUT2D eigenvalue weighted by atomic mass is 16.2. The topological polar surface area (TPSA) is 44.1 Å². The van der Waals surface area contributed by atoms with Gasteiger partial charge in [-0.3, -0.25) is 4.79 Å². The Labute approximate surface area is 92.1 Å². The summed E-state index contributed by atoms with van der Waals surface area (Å²) in [7, 11) is 0. The molecule has 3 nitrogen and oxygen atoms in total. The maximum absolute atomic E-state index is 12.1. The fraction of sp³-hybridized carbons (Fsp3) is 0.667. The van der Waals surface area contributed by atoms with Crippen molar-refractivity contribution in [2.75, 3.05) is 13.1 Å². The molecule has 1 amide bonds. The average molecular weight is 206 g/mol. The van der Waals surface area contributed by atoms with Crippen LogP contribution in [-0.2, 0) is 4.79 Å². The van der Waals surface area contributed by atoms with Crippen molar-refractivity contribution < 1.29 is 4.79 Å². The van der Waals surface area contributed by atoms with E-state index in [1.807, 2.05) is 20.8 Å². The van der Waals surface area contributed by atoms with Gasteiger partial charge in [0, 0.05) is 6.54 Å². The third-order valence-electron chi connectivity index (χ3n) is 2.78. The van der Waals surface area contributed by atoms with Crippen molar-refractivity contribution in [2.24, 2.45) is 5.41 Å². The molecule has 0 unspecified atom stereocenters. The zero-order valence-electron chi connectivity index (χ0n) is 9.71. The summed E-state index contributed by atoms with van der Waals surface area (Å²) >= 11 is 0. The molecule has 0 heterocycles. The van der Waals surface area contributed by atoms with Gasteiger partial charge in [-0.25, -0.2) is 0 Å². The summed E-state index contributed by atoms with van der Waals surface area (Å²) in [6.45, 7) is 6.40. The number of carbonyl (C=O) groups is 1. The minimum absolute atomic E-state index is 0.143. The number of nitriles is 1. The standard InChI is InChI=1S/C12H18N2O/c1-5-9-14(8-4)11(15)12(6-2,7-3)10-13/h1H,6-9H2,2-4H3. The van der Waals surface area contributed by atoms with Crippen LogP contribution in [0.5, 0.6) is 0 Å². The van der Waals surface area contributed by atoms with E-state index < -0.39 is 5.41 Å². The van der Waals surface area contributed by atoms with Gasteiger partial charge in [-0.1, -0.05) is 19.8 Å². The van der Waals surface area contributed by atoms with E-state index in [1.54, 1.807) is 4.90 Å². The summed E-state index contributed by atoms with van der Waals surface area (Å²) in [5.74, 6) is 2.30. The van der Waals surface area contributed by atoms with Gasteiger partial charge < -0.3 is 4.90 Å². The van der Waals surface area contributed by atoms with Crippen molar-refractivity contribution in [1.29, 1.82) is 5.26 Å². The van der Waals surface area contributed by atoms with Crippen LogP contribution in [0.15, 0.2) is 0 Å². The van der Waals surface area contributed by atoms with Gasteiger partial charge in [0.15, 0.2) is 0 Å². The molecule has 0 saturated heterocycles. The third-order valence-corrected chi connectivity index (χ3v) is 2.78. The first-order valence-corrected chi connectivity index (χ1v) is 5.25. The smallest absolute Gasteiger partial charge is 0.243 e. The van der Waals surface area contributed by atoms with Crippen LogP contribution in [0.3, 0.4) is 0 Å². The lowest BCUT2D eigenvalue weighted by Gasteiger charge is -2.29. The van der Waals surface area contributed by atoms with Crippen LogP contribution in [0.4, 0.5) is 0 Å². The molecule has 0 radical (unpaired) electrons. The van der Waals surface area contributed by atoms with Crippen molar-refractivity contribution in [2.45, 2.75) is 33.6 Å². The summed E-state index contributed by atoms with van der Waals surface area (Å²) in [4.78, 5) is 13.6. The SMILES string of the molecule is C#CCN(CC)C(=O)C(C#N)(CC)CC. The molecule has 0 spiro atoms. The lowest BCUT2D eigenvalue weighted by atomic mass is 9.82. The summed E-state index contributed by atoms with van der Waals surface area (Å²) in [5.41, 5.74) is -0.896. The van der Waals surface area contributed by atoms with Gasteiger partial charge in [-0.2, -0.15) is 5.26 Å². The predicted octanol–water partition coefficient (Wildman–Crippen LogP) is 1.80. The van der Waals surface area contributed by atoms with Crippen LogP contribution in [-0.4, -0.2) is 23.9 Å². The second kappa shape index (κ2) is 6.09. The number of rotatable bonds is 5. The van der Waals surface area contributed by atoms with Gasteiger partial charge in [0.25, 0.3) is 0 Å². The van der Waals surface area contributed by atoms with Crippen LogP contribution < -0.4 is 0 Å². The van der Waals surface area contributed by atoms with E-state index in [4.69, 9.17) is 11.7 Å². The molecule has 0 N–H and O–H groups in total. The monoisotopic (exact) mass is 206 g/mol. The van der Waals surface area contributed by atoms with E-state index in [0.717, 1.165) is 0 Å². The van der Waals surface area contributed by atoms with Crippen LogP contribution in [0, 0.1) is 29.1 Å². The molecule has 0 aromatic rings. The van der Waals surface area contributed by atoms with Crippen molar-refractivity contribution in [3.8, 4) is 18.4 Å². The normalized spacial score (nSPS) is 10.2. The van der Waals surface area contributed by atoms with Crippen molar-refractivity contribution in [1.82, 2.24) is 4.90 Å². The quantitative estimate of drug-likeness (QED) is 0.644. The summed E-state index contributed by atoms with van der Waals surface area (Å²) in [5, 5.41) is 9.11. The average Bonchev–Trinajstić information content (AvgIpc) is 2.28. The van der Waals surface area contributed by atoms with Crippen LogP contribution in [0.2, 0.25) is 0 Å². The van der Waals surface area contributed by atoms with Crippen molar-refractivity contribution in [3.05, 3.63) is 0 Å². The van der Waals surface area contributed by atoms with Gasteiger partial charge in [0.1, 0.15) is 5.41 Å². The lowest BCUT2D eigenvalue weighted by molar-refractivity contribution is -0.138. The summed E-state index contributed by atoms with van der Waals surface area (Å²) in [6.07, 6.45) is 6.24. The zero-order valence-corrected chi connectivity index (χ0v) is 9.71. The molecular weight excluding hydrogens is 188 g/mol. The highest BCUT2D eigenvalue weighted by Crippen LogP contribution is 2.27. The van der Waals surface area contributed by atoms with Gasteiger partial charge >= 0.3 is 0 Å². The van der Waals surface area contributed by atoms with E-state index in [2.05, 4.69) is 12.0 Å². The Kier molecular flexibility index (Phi) is 5.49. The van der Waals surface area contributed by atoms with Crippen LogP contribution in [0.25, 0.3) is 0 Å². The maximum atomic E-state index is 12.1. The predicted molar refractivity (Wildman–Crippen MR) is 59.7 cm³/mol. The Bertz CT molecular complexity index is 292. The van der Waals surface area contributed by atoms with Crippen molar-refractivity contribution in [3.63, 3.8) is 0 Å². The summed E-state index contributed by atoms with van der Waals surface area (Å²) < 4.78 is 0. The first-order chi connectivity index (χ1) is 7.11. The molecule has 0 aliphatic rings. The Hall–Kier alpha value is -1.48. The minimum Gasteiger partial charge on any atom is -0.330 e. The number of carbonyl (C=O) groups excluding carboxylic acids is 1. The largest absolute Gasteiger partial charge is 0.330 e. The van der Waals surface area contributed by atoms with Gasteiger partial charge in [0.05, 0.1) is 12.6 Å². The molecule has 3 heteroatoms. The second-order valence-corrected chi connectivity index (χ2v) is 3.42. The highest BCUT2D eigenvalue weighted by Gasteiger charge is 2.37. The highest BCUT2D eigenvalue weighted by molar-refractivity contribution is 5.85. The van der Waals surface area contributed by atoms with E-state index in [1.165, 1.54) is 0 Å². The third kappa shape index (κ3) is 2.73. The molecule has 0 rings (SSSR count). The molecule has 0 aromatic carbocycles. The van der Waals surface area contributed by atoms with E-state index in [0.29, 0.717) is 19.4 Å². The number of hydrogen-bond acceptors (Lipinski definition) is 2. The Morgan fingerprint density at radius 2 is 1.93 bits per heavy atom. The fourth-order valence-electron chi connectivity index (χ4n) is 1.50. The lowest BCUT2D eigenvalue weighted by Crippen LogP contribution is -2.43. The molecule has 0 aliphatic heterocycles. The number of terminal acetylenes is 1. The molecule has 0 bridgehead atoms. The minimum atomic E-state index is -0.896. The molecule has 0 aromatic heterocycles. The first kappa shape index (κ1) is 13.5. The molecule has 82 valence electrons. The van der Waals surface area contributed by atoms with E-state index in [9.17, 15) is 4.79 Å². The molecule has 0 atom stereocenters. The molecule has 15 heavy (non-hydrogen) atoms. The molecular formula is C12H18N2O.